The second kappa shape index (κ2) is 52.7. The summed E-state index contributed by atoms with van der Waals surface area (Å²) in [5.74, 6) is 2.04. The third kappa shape index (κ3) is 234. The van der Waals surface area contributed by atoms with Crippen molar-refractivity contribution >= 4 is 46.3 Å². The number of Topliss-reactive ketones (excluding diaryl/α,β-unsaturated/α-hetero) is 8. The summed E-state index contributed by atoms with van der Waals surface area (Å²) in [6, 6.07) is 0. The van der Waals surface area contributed by atoms with Crippen LogP contribution in [0.4, 0.5) is 0 Å². The maximum absolute atomic E-state index is 9.81. The molecule has 0 spiro atoms. The molecule has 0 heterocycles. The molecule has 0 aliphatic heterocycles. The van der Waals surface area contributed by atoms with Crippen molar-refractivity contribution in [2.45, 2.75) is 162 Å². The second-order valence-electron chi connectivity index (χ2n) is 8.44. The van der Waals surface area contributed by atoms with Crippen LogP contribution >= 0.6 is 0 Å². The van der Waals surface area contributed by atoms with Gasteiger partial charge in [0.15, 0.2) is 0 Å². The lowest BCUT2D eigenvalue weighted by molar-refractivity contribution is -0.117. The zero-order chi connectivity index (χ0) is 34.3. The van der Waals surface area contributed by atoms with Gasteiger partial charge in [0.05, 0.1) is 0 Å². The minimum atomic E-state index is 0.255. The van der Waals surface area contributed by atoms with Crippen LogP contribution in [0.2, 0.25) is 0 Å². The molecular formula is C32H64O8. The van der Waals surface area contributed by atoms with E-state index in [1.807, 2.05) is 55.4 Å². The summed E-state index contributed by atoms with van der Waals surface area (Å²) >= 11 is 0. The van der Waals surface area contributed by atoms with Crippen molar-refractivity contribution in [1.82, 2.24) is 0 Å². The van der Waals surface area contributed by atoms with Crippen LogP contribution in [-0.4, -0.2) is 46.3 Å². The van der Waals surface area contributed by atoms with Gasteiger partial charge in [0.1, 0.15) is 46.3 Å². The molecule has 0 N–H and O–H groups in total. The maximum Gasteiger partial charge on any atom is 0.129 e. The number of carbonyl (C=O) groups excluding carboxylic acids is 8. The zero-order valence-corrected chi connectivity index (χ0v) is 28.9. The molecule has 240 valence electrons. The van der Waals surface area contributed by atoms with E-state index in [2.05, 4.69) is 0 Å². The third-order valence-electron chi connectivity index (χ3n) is 3.98. The van der Waals surface area contributed by atoms with Crippen molar-refractivity contribution in [3.8, 4) is 0 Å². The molecule has 0 saturated carbocycles. The van der Waals surface area contributed by atoms with E-state index in [-0.39, 0.29) is 46.3 Å². The number of ketones is 8. The van der Waals surface area contributed by atoms with E-state index in [4.69, 9.17) is 0 Å². The Balaban J connectivity index is -0.0000000488. The van der Waals surface area contributed by atoms with Gasteiger partial charge in [-0.15, -0.1) is 0 Å². The first-order valence-electron chi connectivity index (χ1n) is 14.1. The van der Waals surface area contributed by atoms with E-state index in [0.717, 1.165) is 0 Å². The molecule has 0 aromatic carbocycles. The van der Waals surface area contributed by atoms with Gasteiger partial charge < -0.3 is 38.4 Å². The first kappa shape index (κ1) is 57.3. The Kier molecular flexibility index (Phi) is 75.5. The Labute approximate surface area is 246 Å². The topological polar surface area (TPSA) is 137 Å². The summed E-state index contributed by atoms with van der Waals surface area (Å²) in [4.78, 5) is 78.5. The Hall–Kier alpha value is -2.64. The lowest BCUT2D eigenvalue weighted by atomic mass is 10.4. The van der Waals surface area contributed by atoms with Gasteiger partial charge in [-0.25, -0.2) is 0 Å². The van der Waals surface area contributed by atoms with Gasteiger partial charge in [-0.2, -0.15) is 0 Å². The van der Waals surface area contributed by atoms with Crippen LogP contribution in [0, 0.1) is 0 Å². The molecule has 8 heteroatoms. The molecule has 0 rings (SSSR count). The molecule has 0 unspecified atom stereocenters. The summed E-state index contributed by atoms with van der Waals surface area (Å²) in [6.07, 6.45) is 5.33. The lowest BCUT2D eigenvalue weighted by Crippen LogP contribution is -1.80. The number of rotatable bonds is 8. The highest BCUT2D eigenvalue weighted by Crippen LogP contribution is 1.74. The van der Waals surface area contributed by atoms with Crippen LogP contribution in [0.1, 0.15) is 162 Å². The van der Waals surface area contributed by atoms with Crippen LogP contribution in [0.5, 0.6) is 0 Å². The van der Waals surface area contributed by atoms with E-state index in [1.54, 1.807) is 55.4 Å². The van der Waals surface area contributed by atoms with Crippen LogP contribution in [0.15, 0.2) is 0 Å². The highest BCUT2D eigenvalue weighted by molar-refractivity contribution is 5.76. The quantitative estimate of drug-likeness (QED) is 0.284. The van der Waals surface area contributed by atoms with Crippen molar-refractivity contribution in [2.24, 2.45) is 0 Å². The molecule has 0 atom stereocenters. The summed E-state index contributed by atoms with van der Waals surface area (Å²) < 4.78 is 0. The molecule has 0 amide bonds. The summed E-state index contributed by atoms with van der Waals surface area (Å²) in [5.41, 5.74) is 0. The predicted octanol–water partition coefficient (Wildman–Crippen LogP) is 7.88. The standard InChI is InChI=1S/8C4H8O/c8*1-3-4(2)5/h8*3H2,1-2H3. The maximum atomic E-state index is 9.81. The van der Waals surface area contributed by atoms with E-state index >= 15 is 0 Å². The third-order valence-corrected chi connectivity index (χ3v) is 3.98. The Morgan fingerprint density at radius 1 is 0.225 bits per heavy atom. The average molecular weight is 577 g/mol. The molecular weight excluding hydrogens is 512 g/mol. The molecule has 8 nitrogen and oxygen atoms in total. The lowest BCUT2D eigenvalue weighted by Gasteiger charge is -1.71. The van der Waals surface area contributed by atoms with Gasteiger partial charge in [-0.1, -0.05) is 55.4 Å². The molecule has 0 aromatic rings. The van der Waals surface area contributed by atoms with Crippen LogP contribution < -0.4 is 0 Å². The second-order valence-corrected chi connectivity index (χ2v) is 8.44. The summed E-state index contributed by atoms with van der Waals surface area (Å²) in [6.45, 7) is 27.5. The molecule has 0 aliphatic rings. The van der Waals surface area contributed by atoms with Gasteiger partial charge in [0, 0.05) is 51.4 Å². The smallest absolute Gasteiger partial charge is 0.129 e. The van der Waals surface area contributed by atoms with E-state index in [9.17, 15) is 38.4 Å². The normalized spacial score (nSPS) is 7.60. The molecule has 0 aromatic heterocycles. The number of hydrogen-bond acceptors (Lipinski definition) is 8. The SMILES string of the molecule is CCC(C)=O.CCC(C)=O.CCC(C)=O.CCC(C)=O.CCC(C)=O.CCC(C)=O.CCC(C)=O.CCC(C)=O. The minimum absolute atomic E-state index is 0.255. The van der Waals surface area contributed by atoms with E-state index in [1.165, 1.54) is 0 Å². The minimum Gasteiger partial charge on any atom is -0.300 e. The average Bonchev–Trinajstić information content (AvgIpc) is 2.90. The first-order chi connectivity index (χ1) is 18.2. The van der Waals surface area contributed by atoms with Gasteiger partial charge in [-0.05, 0) is 55.4 Å². The van der Waals surface area contributed by atoms with Gasteiger partial charge in [-0.3, -0.25) is 0 Å². The van der Waals surface area contributed by atoms with Crippen molar-refractivity contribution in [3.05, 3.63) is 0 Å². The van der Waals surface area contributed by atoms with E-state index < -0.39 is 0 Å². The fourth-order valence-electron chi connectivity index (χ4n) is 0. The number of hydrogen-bond donors (Lipinski definition) is 0. The molecule has 0 aliphatic carbocycles. The van der Waals surface area contributed by atoms with Crippen LogP contribution in [-0.2, 0) is 38.4 Å². The fraction of sp³-hybridized carbons (Fsp3) is 0.750. The van der Waals surface area contributed by atoms with Crippen molar-refractivity contribution in [3.63, 3.8) is 0 Å². The first-order valence-corrected chi connectivity index (χ1v) is 14.1. The van der Waals surface area contributed by atoms with Crippen LogP contribution in [0.3, 0.4) is 0 Å². The summed E-state index contributed by atoms with van der Waals surface area (Å²) in [7, 11) is 0. The van der Waals surface area contributed by atoms with Crippen molar-refractivity contribution in [1.29, 1.82) is 0 Å². The predicted molar refractivity (Wildman–Crippen MR) is 168 cm³/mol. The van der Waals surface area contributed by atoms with Crippen LogP contribution in [0.25, 0.3) is 0 Å². The van der Waals surface area contributed by atoms with Gasteiger partial charge in [0.2, 0.25) is 0 Å². The van der Waals surface area contributed by atoms with E-state index in [0.29, 0.717) is 51.4 Å². The molecule has 40 heavy (non-hydrogen) atoms. The fourth-order valence-corrected chi connectivity index (χ4v) is 0. The number of carbonyl (C=O) groups is 8. The Morgan fingerprint density at radius 2 is 0.250 bits per heavy atom. The highest BCUT2D eigenvalue weighted by atomic mass is 16.1. The monoisotopic (exact) mass is 576 g/mol. The highest BCUT2D eigenvalue weighted by Gasteiger charge is 1.80. The van der Waals surface area contributed by atoms with Crippen molar-refractivity contribution in [2.75, 3.05) is 0 Å². The largest absolute Gasteiger partial charge is 0.300 e. The molecule has 0 bridgehead atoms. The zero-order valence-electron chi connectivity index (χ0n) is 28.9. The molecule has 0 saturated heterocycles. The Morgan fingerprint density at radius 3 is 0.250 bits per heavy atom. The van der Waals surface area contributed by atoms with Gasteiger partial charge in [0.25, 0.3) is 0 Å². The van der Waals surface area contributed by atoms with Gasteiger partial charge >= 0.3 is 0 Å². The van der Waals surface area contributed by atoms with Crippen molar-refractivity contribution < 1.29 is 38.4 Å². The molecule has 0 radical (unpaired) electrons. The Bertz CT molecular complexity index is 479. The summed E-state index contributed by atoms with van der Waals surface area (Å²) in [5, 5.41) is 0. The molecule has 0 fully saturated rings.